The summed E-state index contributed by atoms with van der Waals surface area (Å²) in [5.74, 6) is 0.395. The minimum Gasteiger partial charge on any atom is -0.394 e. The molecule has 1 radical (unpaired) electrons. The van der Waals surface area contributed by atoms with Crippen molar-refractivity contribution in [3.63, 3.8) is 0 Å². The molecule has 5 heteroatoms. The van der Waals surface area contributed by atoms with Crippen LogP contribution < -0.4 is 0 Å². The highest BCUT2D eigenvalue weighted by molar-refractivity contribution is 5.02. The number of aliphatic hydroxyl groups excluding tert-OH is 4. The van der Waals surface area contributed by atoms with E-state index in [-0.39, 0.29) is 6.61 Å². The second kappa shape index (κ2) is 8.17. The van der Waals surface area contributed by atoms with Crippen LogP contribution in [0.1, 0.15) is 46.0 Å². The van der Waals surface area contributed by atoms with Gasteiger partial charge in [0.2, 0.25) is 0 Å². The number of aliphatic hydroxyl groups is 4. The molecule has 1 rings (SSSR count). The van der Waals surface area contributed by atoms with Gasteiger partial charge in [0.1, 0.15) is 30.5 Å². The average Bonchev–Trinajstić information content (AvgIpc) is 2.43. The van der Waals surface area contributed by atoms with Crippen LogP contribution in [0.3, 0.4) is 0 Å². The maximum Gasteiger partial charge on any atom is 0.129 e. The third-order valence-electron chi connectivity index (χ3n) is 3.90. The zero-order valence-corrected chi connectivity index (χ0v) is 11.8. The molecule has 5 nitrogen and oxygen atoms in total. The molecule has 0 bridgehead atoms. The average molecular weight is 275 g/mol. The minimum atomic E-state index is -1.29. The molecule has 4 N–H and O–H groups in total. The molecule has 1 fully saturated rings. The molecule has 1 saturated heterocycles. The molecule has 0 aromatic heterocycles. The van der Waals surface area contributed by atoms with E-state index >= 15 is 0 Å². The number of rotatable bonds is 7. The molecule has 0 aromatic rings. The minimum absolute atomic E-state index is 0.375. The van der Waals surface area contributed by atoms with E-state index in [1.54, 1.807) is 0 Å². The first kappa shape index (κ1) is 16.9. The molecule has 0 amide bonds. The molecule has 0 aromatic carbocycles. The van der Waals surface area contributed by atoms with Crippen molar-refractivity contribution in [1.29, 1.82) is 0 Å². The largest absolute Gasteiger partial charge is 0.394 e. The Morgan fingerprint density at radius 1 is 1.16 bits per heavy atom. The van der Waals surface area contributed by atoms with Crippen LogP contribution in [-0.4, -0.2) is 51.4 Å². The van der Waals surface area contributed by atoms with Gasteiger partial charge in [-0.2, -0.15) is 0 Å². The molecule has 1 heterocycles. The Labute approximate surface area is 115 Å². The predicted octanol–water partition coefficient (Wildman–Crippen LogP) is 0.599. The summed E-state index contributed by atoms with van der Waals surface area (Å²) in [4.78, 5) is 0. The van der Waals surface area contributed by atoms with E-state index in [4.69, 9.17) is 9.84 Å². The van der Waals surface area contributed by atoms with Crippen LogP contribution in [0, 0.1) is 12.0 Å². The lowest BCUT2D eigenvalue weighted by atomic mass is 9.86. The lowest BCUT2D eigenvalue weighted by Crippen LogP contribution is -2.55. The fourth-order valence-corrected chi connectivity index (χ4v) is 2.47. The van der Waals surface area contributed by atoms with Gasteiger partial charge in [0.05, 0.1) is 6.61 Å². The monoisotopic (exact) mass is 275 g/mol. The molecule has 113 valence electrons. The molecule has 0 spiro atoms. The Kier molecular flexibility index (Phi) is 7.25. The van der Waals surface area contributed by atoms with E-state index in [1.807, 2.05) is 0 Å². The van der Waals surface area contributed by atoms with E-state index in [9.17, 15) is 15.3 Å². The van der Waals surface area contributed by atoms with Crippen molar-refractivity contribution in [3.05, 3.63) is 6.10 Å². The summed E-state index contributed by atoms with van der Waals surface area (Å²) in [6, 6.07) is 0. The van der Waals surface area contributed by atoms with Gasteiger partial charge in [-0.25, -0.2) is 0 Å². The maximum absolute atomic E-state index is 9.94. The van der Waals surface area contributed by atoms with Gasteiger partial charge >= 0.3 is 0 Å². The number of unbranched alkanes of at least 4 members (excludes halogenated alkanes) is 1. The zero-order chi connectivity index (χ0) is 14.4. The Hall–Kier alpha value is -0.200. The molecule has 0 aliphatic carbocycles. The molecular formula is C14H27O5. The highest BCUT2D eigenvalue weighted by Gasteiger charge is 2.44. The van der Waals surface area contributed by atoms with Gasteiger partial charge in [-0.1, -0.05) is 39.5 Å². The first-order valence-electron chi connectivity index (χ1n) is 7.22. The van der Waals surface area contributed by atoms with Crippen LogP contribution in [0.4, 0.5) is 0 Å². The standard InChI is InChI=1S/C14H27O5/c1-3-5-6-9(4-2)7-10-12(16)14(18)13(17)11(8-15)19-10/h9,11-18H,3-8H2,1-2H3/t9?,11-,12+,13+,14-/m1/s1. The Morgan fingerprint density at radius 3 is 2.37 bits per heavy atom. The second-order valence-electron chi connectivity index (χ2n) is 5.35. The molecule has 1 unspecified atom stereocenters. The SMILES string of the molecule is CCCCC(CC)C[C]1O[C@H](CO)[C@H](O)[C@H](O)[C@H]1O. The van der Waals surface area contributed by atoms with E-state index in [0.717, 1.165) is 25.7 Å². The van der Waals surface area contributed by atoms with Crippen molar-refractivity contribution < 1.29 is 25.2 Å². The first-order valence-corrected chi connectivity index (χ1v) is 7.22. The molecule has 19 heavy (non-hydrogen) atoms. The van der Waals surface area contributed by atoms with Gasteiger partial charge in [-0.05, 0) is 12.3 Å². The highest BCUT2D eigenvalue weighted by atomic mass is 16.5. The topological polar surface area (TPSA) is 90.2 Å². The third kappa shape index (κ3) is 4.39. The van der Waals surface area contributed by atoms with Crippen molar-refractivity contribution in [2.45, 2.75) is 70.4 Å². The van der Waals surface area contributed by atoms with Crippen LogP contribution in [0.15, 0.2) is 0 Å². The van der Waals surface area contributed by atoms with E-state index in [2.05, 4.69) is 13.8 Å². The predicted molar refractivity (Wildman–Crippen MR) is 71.1 cm³/mol. The third-order valence-corrected chi connectivity index (χ3v) is 3.90. The second-order valence-corrected chi connectivity index (χ2v) is 5.35. The molecule has 1 aliphatic rings. The number of ether oxygens (including phenoxy) is 1. The van der Waals surface area contributed by atoms with Crippen molar-refractivity contribution in [3.8, 4) is 0 Å². The summed E-state index contributed by atoms with van der Waals surface area (Å²) in [5.41, 5.74) is 0. The lowest BCUT2D eigenvalue weighted by molar-refractivity contribution is -0.193. The van der Waals surface area contributed by atoms with Gasteiger partial charge in [-0.3, -0.25) is 0 Å². The van der Waals surface area contributed by atoms with Crippen LogP contribution in [0.2, 0.25) is 0 Å². The Morgan fingerprint density at radius 2 is 1.84 bits per heavy atom. The van der Waals surface area contributed by atoms with Gasteiger partial charge in [0.15, 0.2) is 0 Å². The summed E-state index contributed by atoms with van der Waals surface area (Å²) >= 11 is 0. The maximum atomic E-state index is 9.94. The van der Waals surface area contributed by atoms with Gasteiger partial charge in [0, 0.05) is 0 Å². The van der Waals surface area contributed by atoms with E-state index in [1.165, 1.54) is 0 Å². The lowest BCUT2D eigenvalue weighted by Gasteiger charge is -2.40. The fourth-order valence-electron chi connectivity index (χ4n) is 2.47. The smallest absolute Gasteiger partial charge is 0.129 e. The van der Waals surface area contributed by atoms with Crippen LogP contribution in [0.25, 0.3) is 0 Å². The highest BCUT2D eigenvalue weighted by Crippen LogP contribution is 2.33. The molecule has 5 atom stereocenters. The van der Waals surface area contributed by atoms with Crippen LogP contribution in [0.5, 0.6) is 0 Å². The summed E-state index contributed by atoms with van der Waals surface area (Å²) in [6.45, 7) is 3.85. The van der Waals surface area contributed by atoms with Gasteiger partial charge < -0.3 is 25.2 Å². The van der Waals surface area contributed by atoms with Crippen LogP contribution >= 0.6 is 0 Å². The van der Waals surface area contributed by atoms with Crippen LogP contribution in [-0.2, 0) is 4.74 Å². The van der Waals surface area contributed by atoms with E-state index < -0.39 is 24.4 Å². The summed E-state index contributed by atoms with van der Waals surface area (Å²) < 4.78 is 5.45. The summed E-state index contributed by atoms with van der Waals surface area (Å²) in [7, 11) is 0. The van der Waals surface area contributed by atoms with Crippen molar-refractivity contribution in [2.24, 2.45) is 5.92 Å². The quantitative estimate of drug-likeness (QED) is 0.546. The summed E-state index contributed by atoms with van der Waals surface area (Å²) in [5, 5.41) is 38.5. The van der Waals surface area contributed by atoms with Gasteiger partial charge in [0.25, 0.3) is 0 Å². The first-order chi connectivity index (χ1) is 9.04. The molecule has 0 saturated carbocycles. The fraction of sp³-hybridized carbons (Fsp3) is 0.929. The van der Waals surface area contributed by atoms with Crippen molar-refractivity contribution >= 4 is 0 Å². The molecule has 1 aliphatic heterocycles. The molecular weight excluding hydrogens is 248 g/mol. The van der Waals surface area contributed by atoms with Crippen molar-refractivity contribution in [2.75, 3.05) is 6.61 Å². The van der Waals surface area contributed by atoms with Crippen molar-refractivity contribution in [1.82, 2.24) is 0 Å². The Balaban J connectivity index is 2.59. The number of hydrogen-bond acceptors (Lipinski definition) is 5. The number of hydrogen-bond donors (Lipinski definition) is 4. The zero-order valence-electron chi connectivity index (χ0n) is 11.8. The van der Waals surface area contributed by atoms with E-state index in [0.29, 0.717) is 18.4 Å². The van der Waals surface area contributed by atoms with Gasteiger partial charge in [-0.15, -0.1) is 0 Å². The summed E-state index contributed by atoms with van der Waals surface area (Å²) in [6.07, 6.45) is 0.663. The normalized spacial score (nSPS) is 34.4. The Bertz CT molecular complexity index is 246.